The van der Waals surface area contributed by atoms with Gasteiger partial charge in [0.25, 0.3) is 5.91 Å². The monoisotopic (exact) mass is 331 g/mol. The van der Waals surface area contributed by atoms with Gasteiger partial charge in [0.15, 0.2) is 11.3 Å². The highest BCUT2D eigenvalue weighted by Gasteiger charge is 2.25. The minimum Gasteiger partial charge on any atom is -0.490 e. The molecular formula is C18H21NO5. The molecule has 0 spiro atoms. The molecule has 1 aliphatic heterocycles. The van der Waals surface area contributed by atoms with Gasteiger partial charge in [-0.15, -0.1) is 0 Å². The van der Waals surface area contributed by atoms with Gasteiger partial charge in [-0.3, -0.25) is 4.79 Å². The molecule has 2 atom stereocenters. The summed E-state index contributed by atoms with van der Waals surface area (Å²) in [4.78, 5) is 24.6. The summed E-state index contributed by atoms with van der Waals surface area (Å²) >= 11 is 0. The first-order chi connectivity index (χ1) is 11.6. The zero-order valence-electron chi connectivity index (χ0n) is 13.8. The Morgan fingerprint density at radius 2 is 2.29 bits per heavy atom. The Kier molecular flexibility index (Phi) is 4.85. The number of benzene rings is 1. The lowest BCUT2D eigenvalue weighted by atomic mass is 10.1. The molecule has 1 aromatic carbocycles. The number of para-hydroxylation sites is 1. The van der Waals surface area contributed by atoms with E-state index in [1.54, 1.807) is 24.3 Å². The van der Waals surface area contributed by atoms with Crippen molar-refractivity contribution in [2.45, 2.75) is 38.8 Å². The van der Waals surface area contributed by atoms with E-state index in [0.717, 1.165) is 12.8 Å². The van der Waals surface area contributed by atoms with Crippen molar-refractivity contribution in [3.8, 4) is 5.75 Å². The van der Waals surface area contributed by atoms with Crippen LogP contribution in [0, 0.1) is 0 Å². The molecule has 1 fully saturated rings. The molecule has 2 aromatic rings. The Hall–Kier alpha value is -2.34. The van der Waals surface area contributed by atoms with E-state index in [9.17, 15) is 9.59 Å². The number of fused-ring (bicyclic) bond motifs is 1. The average molecular weight is 331 g/mol. The molecule has 0 saturated carbocycles. The number of carbonyl (C=O) groups is 1. The van der Waals surface area contributed by atoms with Crippen LogP contribution in [0.4, 0.5) is 0 Å². The second kappa shape index (κ2) is 7.05. The van der Waals surface area contributed by atoms with E-state index in [-0.39, 0.29) is 17.7 Å². The fourth-order valence-electron chi connectivity index (χ4n) is 2.92. The van der Waals surface area contributed by atoms with E-state index >= 15 is 0 Å². The van der Waals surface area contributed by atoms with Crippen molar-refractivity contribution in [3.05, 3.63) is 40.2 Å². The van der Waals surface area contributed by atoms with E-state index in [2.05, 4.69) is 5.32 Å². The van der Waals surface area contributed by atoms with E-state index in [4.69, 9.17) is 13.9 Å². The number of hydrogen-bond donors (Lipinski definition) is 1. The van der Waals surface area contributed by atoms with Gasteiger partial charge in [-0.1, -0.05) is 12.1 Å². The summed E-state index contributed by atoms with van der Waals surface area (Å²) in [5, 5.41) is 3.48. The molecule has 3 rings (SSSR count). The van der Waals surface area contributed by atoms with Gasteiger partial charge in [0, 0.05) is 12.0 Å². The molecule has 0 aliphatic carbocycles. The first-order valence-electron chi connectivity index (χ1n) is 8.22. The summed E-state index contributed by atoms with van der Waals surface area (Å²) in [5.74, 6) is 0.0437. The SMILES string of the molecule is CCOc1cccc2cc(C(=O)N[C@@H](C)[C@H]3CCCO3)c(=O)oc12. The smallest absolute Gasteiger partial charge is 0.349 e. The highest BCUT2D eigenvalue weighted by molar-refractivity contribution is 5.97. The number of nitrogens with one attached hydrogen (secondary N) is 1. The topological polar surface area (TPSA) is 77.8 Å². The molecule has 1 amide bonds. The molecule has 6 heteroatoms. The first-order valence-corrected chi connectivity index (χ1v) is 8.22. The molecule has 0 radical (unpaired) electrons. The highest BCUT2D eigenvalue weighted by atomic mass is 16.5. The van der Waals surface area contributed by atoms with Crippen LogP contribution in [-0.2, 0) is 4.74 Å². The van der Waals surface area contributed by atoms with Crippen LogP contribution in [0.15, 0.2) is 33.5 Å². The highest BCUT2D eigenvalue weighted by Crippen LogP contribution is 2.25. The summed E-state index contributed by atoms with van der Waals surface area (Å²) in [6.45, 7) is 4.90. The number of carbonyl (C=O) groups excluding carboxylic acids is 1. The Bertz CT molecular complexity index is 792. The van der Waals surface area contributed by atoms with Gasteiger partial charge in [-0.2, -0.15) is 0 Å². The normalized spacial score (nSPS) is 18.5. The third-order valence-electron chi connectivity index (χ3n) is 4.15. The van der Waals surface area contributed by atoms with Crippen molar-refractivity contribution in [2.75, 3.05) is 13.2 Å². The molecule has 0 bridgehead atoms. The Labute approximate surface area is 139 Å². The van der Waals surface area contributed by atoms with Crippen LogP contribution in [0.25, 0.3) is 11.0 Å². The predicted molar refractivity (Wildman–Crippen MR) is 89.6 cm³/mol. The minimum absolute atomic E-state index is 0.00833. The summed E-state index contributed by atoms with van der Waals surface area (Å²) in [5.41, 5.74) is -0.333. The van der Waals surface area contributed by atoms with Gasteiger partial charge in [-0.25, -0.2) is 4.79 Å². The number of ether oxygens (including phenoxy) is 2. The van der Waals surface area contributed by atoms with E-state index in [1.165, 1.54) is 0 Å². The number of rotatable bonds is 5. The molecule has 2 heterocycles. The van der Waals surface area contributed by atoms with Gasteiger partial charge in [-0.05, 0) is 38.8 Å². The van der Waals surface area contributed by atoms with Crippen molar-refractivity contribution in [1.29, 1.82) is 0 Å². The van der Waals surface area contributed by atoms with E-state index in [1.807, 2.05) is 13.8 Å². The molecule has 1 aromatic heterocycles. The molecule has 1 N–H and O–H groups in total. The standard InChI is InChI=1S/C18H21NO5/c1-3-22-15-7-4-6-12-10-13(18(21)24-16(12)15)17(20)19-11(2)14-8-5-9-23-14/h4,6-7,10-11,14H,3,5,8-9H2,1-2H3,(H,19,20)/t11-,14+/m0/s1. The largest absolute Gasteiger partial charge is 0.490 e. The Balaban J connectivity index is 1.87. The fourth-order valence-corrected chi connectivity index (χ4v) is 2.92. The van der Waals surface area contributed by atoms with Crippen LogP contribution in [0.2, 0.25) is 0 Å². The molecule has 128 valence electrons. The van der Waals surface area contributed by atoms with E-state index in [0.29, 0.717) is 29.9 Å². The lowest BCUT2D eigenvalue weighted by Gasteiger charge is -2.19. The maximum atomic E-state index is 12.4. The summed E-state index contributed by atoms with van der Waals surface area (Å²) in [7, 11) is 0. The van der Waals surface area contributed by atoms with Gasteiger partial charge in [0.1, 0.15) is 5.56 Å². The first kappa shape index (κ1) is 16.5. The van der Waals surface area contributed by atoms with Crippen LogP contribution in [0.5, 0.6) is 5.75 Å². The quantitative estimate of drug-likeness (QED) is 0.852. The van der Waals surface area contributed by atoms with Crippen LogP contribution in [0.3, 0.4) is 0 Å². The van der Waals surface area contributed by atoms with Crippen LogP contribution in [0.1, 0.15) is 37.0 Å². The molecule has 0 unspecified atom stereocenters. The second-order valence-corrected chi connectivity index (χ2v) is 5.87. The lowest BCUT2D eigenvalue weighted by Crippen LogP contribution is -2.42. The molecular weight excluding hydrogens is 310 g/mol. The summed E-state index contributed by atoms with van der Waals surface area (Å²) < 4.78 is 16.4. The van der Waals surface area contributed by atoms with Crippen molar-refractivity contribution >= 4 is 16.9 Å². The molecule has 1 saturated heterocycles. The van der Waals surface area contributed by atoms with Crippen molar-refractivity contribution < 1.29 is 18.7 Å². The van der Waals surface area contributed by atoms with E-state index < -0.39 is 11.5 Å². The maximum Gasteiger partial charge on any atom is 0.349 e. The van der Waals surface area contributed by atoms with Crippen LogP contribution in [-0.4, -0.2) is 31.3 Å². The van der Waals surface area contributed by atoms with Gasteiger partial charge >= 0.3 is 5.63 Å². The second-order valence-electron chi connectivity index (χ2n) is 5.87. The van der Waals surface area contributed by atoms with Crippen molar-refractivity contribution in [1.82, 2.24) is 5.32 Å². The lowest BCUT2D eigenvalue weighted by molar-refractivity contribution is 0.0710. The zero-order valence-corrected chi connectivity index (χ0v) is 13.8. The molecule has 24 heavy (non-hydrogen) atoms. The Morgan fingerprint density at radius 1 is 1.46 bits per heavy atom. The minimum atomic E-state index is -0.674. The van der Waals surface area contributed by atoms with Crippen molar-refractivity contribution in [2.24, 2.45) is 0 Å². The maximum absolute atomic E-state index is 12.4. The predicted octanol–water partition coefficient (Wildman–Crippen LogP) is 2.49. The zero-order chi connectivity index (χ0) is 17.1. The summed E-state index contributed by atoms with van der Waals surface area (Å²) in [6.07, 6.45) is 1.89. The number of amides is 1. The van der Waals surface area contributed by atoms with Gasteiger partial charge in [0.05, 0.1) is 18.8 Å². The third kappa shape index (κ3) is 3.28. The molecule has 6 nitrogen and oxygen atoms in total. The summed E-state index contributed by atoms with van der Waals surface area (Å²) in [6, 6.07) is 6.69. The van der Waals surface area contributed by atoms with Crippen LogP contribution < -0.4 is 15.7 Å². The fraction of sp³-hybridized carbons (Fsp3) is 0.444. The van der Waals surface area contributed by atoms with Gasteiger partial charge in [0.2, 0.25) is 0 Å². The Morgan fingerprint density at radius 3 is 3.00 bits per heavy atom. The van der Waals surface area contributed by atoms with Gasteiger partial charge < -0.3 is 19.2 Å². The van der Waals surface area contributed by atoms with Crippen LogP contribution >= 0.6 is 0 Å². The third-order valence-corrected chi connectivity index (χ3v) is 4.15. The van der Waals surface area contributed by atoms with Crippen molar-refractivity contribution in [3.63, 3.8) is 0 Å². The molecule has 1 aliphatic rings. The average Bonchev–Trinajstić information content (AvgIpc) is 3.09. The number of hydrogen-bond acceptors (Lipinski definition) is 5.